The number of aromatic amines is 1. The minimum Gasteiger partial charge on any atom is -0.465 e. The number of carbonyl (C=O) groups is 2. The van der Waals surface area contributed by atoms with Crippen LogP contribution in [0.3, 0.4) is 0 Å². The highest BCUT2D eigenvalue weighted by Gasteiger charge is 2.11. The van der Waals surface area contributed by atoms with Crippen molar-refractivity contribution in [1.29, 1.82) is 0 Å². The van der Waals surface area contributed by atoms with Gasteiger partial charge in [0.2, 0.25) is 0 Å². The predicted molar refractivity (Wildman–Crippen MR) is 75.7 cm³/mol. The van der Waals surface area contributed by atoms with Crippen molar-refractivity contribution in [2.45, 2.75) is 6.92 Å². The molecule has 6 nitrogen and oxygen atoms in total. The molecule has 0 saturated carbocycles. The minimum absolute atomic E-state index is 0.296. The molecule has 2 rings (SSSR count). The van der Waals surface area contributed by atoms with E-state index in [0.717, 1.165) is 5.56 Å². The number of hydrogen-bond acceptors (Lipinski definition) is 4. The Morgan fingerprint density at radius 3 is 2.60 bits per heavy atom. The quantitative estimate of drug-likeness (QED) is 0.744. The molecule has 0 saturated heterocycles. The highest BCUT2D eigenvalue weighted by Crippen LogP contribution is 2.18. The number of H-pyrrole nitrogens is 1. The third-order valence-electron chi connectivity index (χ3n) is 2.85. The van der Waals surface area contributed by atoms with Gasteiger partial charge in [-0.25, -0.2) is 4.79 Å². The molecule has 1 aromatic heterocycles. The van der Waals surface area contributed by atoms with Crippen LogP contribution in [0.25, 0.3) is 0 Å². The fourth-order valence-electron chi connectivity index (χ4n) is 1.78. The second kappa shape index (κ2) is 5.48. The van der Waals surface area contributed by atoms with Crippen LogP contribution in [0.2, 0.25) is 0 Å². The number of benzene rings is 1. The van der Waals surface area contributed by atoms with E-state index in [1.165, 1.54) is 7.11 Å². The molecule has 0 aliphatic heterocycles. The zero-order valence-electron chi connectivity index (χ0n) is 11.2. The molecule has 0 bridgehead atoms. The maximum Gasteiger partial charge on any atom is 0.337 e. The smallest absolute Gasteiger partial charge is 0.337 e. The topological polar surface area (TPSA) is 97.2 Å². The van der Waals surface area contributed by atoms with Crippen LogP contribution in [0, 0.1) is 6.92 Å². The number of rotatable bonds is 3. The van der Waals surface area contributed by atoms with Crippen molar-refractivity contribution in [3.05, 3.63) is 47.3 Å². The van der Waals surface area contributed by atoms with E-state index in [4.69, 9.17) is 5.73 Å². The SMILES string of the molecule is COC(=O)c1ccc(NC(=O)c2cc(N)c[nH]2)c(C)c1. The standard InChI is InChI=1S/C14H15N3O3/c1-8-5-9(14(19)20-2)3-4-11(8)17-13(18)12-6-10(15)7-16-12/h3-7,16H,15H2,1-2H3,(H,17,18). The zero-order valence-corrected chi connectivity index (χ0v) is 11.2. The van der Waals surface area contributed by atoms with Gasteiger partial charge >= 0.3 is 5.97 Å². The van der Waals surface area contributed by atoms with Crippen LogP contribution in [0.1, 0.15) is 26.4 Å². The number of methoxy groups -OCH3 is 1. The first-order chi connectivity index (χ1) is 9.51. The summed E-state index contributed by atoms with van der Waals surface area (Å²) in [6.07, 6.45) is 1.54. The van der Waals surface area contributed by atoms with E-state index < -0.39 is 5.97 Å². The number of hydrogen-bond donors (Lipinski definition) is 3. The van der Waals surface area contributed by atoms with Crippen molar-refractivity contribution in [2.24, 2.45) is 0 Å². The van der Waals surface area contributed by atoms with E-state index in [9.17, 15) is 9.59 Å². The predicted octanol–water partition coefficient (Wildman–Crippen LogP) is 1.94. The van der Waals surface area contributed by atoms with Crippen LogP contribution in [-0.4, -0.2) is 24.0 Å². The lowest BCUT2D eigenvalue weighted by Gasteiger charge is -2.09. The van der Waals surface area contributed by atoms with Crippen LogP contribution in [0.4, 0.5) is 11.4 Å². The summed E-state index contributed by atoms with van der Waals surface area (Å²) >= 11 is 0. The molecule has 0 atom stereocenters. The Kier molecular flexibility index (Phi) is 3.74. The molecule has 2 aromatic rings. The molecule has 0 fully saturated rings. The van der Waals surface area contributed by atoms with E-state index in [1.807, 2.05) is 0 Å². The fourth-order valence-corrected chi connectivity index (χ4v) is 1.78. The fraction of sp³-hybridized carbons (Fsp3) is 0.143. The third-order valence-corrected chi connectivity index (χ3v) is 2.85. The Bertz CT molecular complexity index is 661. The molecule has 1 aromatic carbocycles. The van der Waals surface area contributed by atoms with Gasteiger partial charge in [0, 0.05) is 17.6 Å². The molecule has 0 aliphatic carbocycles. The Morgan fingerprint density at radius 1 is 1.30 bits per heavy atom. The van der Waals surface area contributed by atoms with Crippen LogP contribution >= 0.6 is 0 Å². The van der Waals surface area contributed by atoms with E-state index >= 15 is 0 Å². The van der Waals surface area contributed by atoms with Gasteiger partial charge in [0.25, 0.3) is 5.91 Å². The summed E-state index contributed by atoms with van der Waals surface area (Å²) in [5.41, 5.74) is 8.24. The van der Waals surface area contributed by atoms with Crippen molar-refractivity contribution >= 4 is 23.3 Å². The molecule has 0 aliphatic rings. The van der Waals surface area contributed by atoms with Crippen LogP contribution in [0.5, 0.6) is 0 Å². The monoisotopic (exact) mass is 273 g/mol. The largest absolute Gasteiger partial charge is 0.465 e. The average molecular weight is 273 g/mol. The first kappa shape index (κ1) is 13.7. The molecule has 1 heterocycles. The number of amides is 1. The number of anilines is 2. The number of ether oxygens (including phenoxy) is 1. The summed E-state index contributed by atoms with van der Waals surface area (Å²) < 4.78 is 4.64. The van der Waals surface area contributed by atoms with E-state index in [-0.39, 0.29) is 5.91 Å². The zero-order chi connectivity index (χ0) is 14.7. The number of esters is 1. The van der Waals surface area contributed by atoms with Crippen molar-refractivity contribution in [2.75, 3.05) is 18.2 Å². The third kappa shape index (κ3) is 2.80. The van der Waals surface area contributed by atoms with Gasteiger partial charge in [-0.1, -0.05) is 0 Å². The van der Waals surface area contributed by atoms with Gasteiger partial charge in [0.1, 0.15) is 5.69 Å². The van der Waals surface area contributed by atoms with Gasteiger partial charge in [-0.05, 0) is 36.8 Å². The van der Waals surface area contributed by atoms with Gasteiger partial charge < -0.3 is 20.8 Å². The number of nitrogen functional groups attached to an aromatic ring is 1. The average Bonchev–Trinajstić information content (AvgIpc) is 2.86. The van der Waals surface area contributed by atoms with Crippen molar-refractivity contribution < 1.29 is 14.3 Å². The number of nitrogens with two attached hydrogens (primary N) is 1. The van der Waals surface area contributed by atoms with Gasteiger partial charge in [-0.2, -0.15) is 0 Å². The number of aromatic nitrogens is 1. The summed E-state index contributed by atoms with van der Waals surface area (Å²) in [6, 6.07) is 6.46. The molecule has 4 N–H and O–H groups in total. The molecule has 0 radical (unpaired) electrons. The second-order valence-electron chi connectivity index (χ2n) is 4.32. The molecule has 0 spiro atoms. The first-order valence-electron chi connectivity index (χ1n) is 5.95. The maximum atomic E-state index is 12.0. The van der Waals surface area contributed by atoms with Gasteiger partial charge in [-0.15, -0.1) is 0 Å². The van der Waals surface area contributed by atoms with E-state index in [0.29, 0.717) is 22.6 Å². The van der Waals surface area contributed by atoms with E-state index in [2.05, 4.69) is 15.0 Å². The molecule has 20 heavy (non-hydrogen) atoms. The summed E-state index contributed by atoms with van der Waals surface area (Å²) in [6.45, 7) is 1.80. The second-order valence-corrected chi connectivity index (χ2v) is 4.32. The highest BCUT2D eigenvalue weighted by molar-refractivity contribution is 6.04. The first-order valence-corrected chi connectivity index (χ1v) is 5.95. The van der Waals surface area contributed by atoms with Crippen LogP contribution in [0.15, 0.2) is 30.5 Å². The lowest BCUT2D eigenvalue weighted by Crippen LogP contribution is -2.13. The van der Waals surface area contributed by atoms with Crippen molar-refractivity contribution in [3.63, 3.8) is 0 Å². The summed E-state index contributed by atoms with van der Waals surface area (Å²) in [5.74, 6) is -0.710. The lowest BCUT2D eigenvalue weighted by molar-refractivity contribution is 0.0600. The number of nitrogens with one attached hydrogen (secondary N) is 2. The van der Waals surface area contributed by atoms with Gasteiger partial charge in [0.05, 0.1) is 12.7 Å². The summed E-state index contributed by atoms with van der Waals surface area (Å²) in [7, 11) is 1.32. The molecule has 104 valence electrons. The Morgan fingerprint density at radius 2 is 2.05 bits per heavy atom. The van der Waals surface area contributed by atoms with Crippen molar-refractivity contribution in [1.82, 2.24) is 4.98 Å². The highest BCUT2D eigenvalue weighted by atomic mass is 16.5. The Labute approximate surface area is 115 Å². The molecule has 1 amide bonds. The Hall–Kier alpha value is -2.76. The van der Waals surface area contributed by atoms with Gasteiger partial charge in [-0.3, -0.25) is 4.79 Å². The maximum absolute atomic E-state index is 12.0. The summed E-state index contributed by atoms with van der Waals surface area (Å²) in [4.78, 5) is 26.1. The van der Waals surface area contributed by atoms with Gasteiger partial charge in [0.15, 0.2) is 0 Å². The minimum atomic E-state index is -0.414. The number of aryl methyl sites for hydroxylation is 1. The Balaban J connectivity index is 2.18. The van der Waals surface area contributed by atoms with Crippen LogP contribution in [-0.2, 0) is 4.74 Å². The van der Waals surface area contributed by atoms with Crippen molar-refractivity contribution in [3.8, 4) is 0 Å². The molecule has 6 heteroatoms. The molecular formula is C14H15N3O3. The van der Waals surface area contributed by atoms with Crippen LogP contribution < -0.4 is 11.1 Å². The molecule has 0 unspecified atom stereocenters. The van der Waals surface area contributed by atoms with E-state index in [1.54, 1.807) is 37.4 Å². The summed E-state index contributed by atoms with van der Waals surface area (Å²) in [5, 5.41) is 2.75. The number of carbonyl (C=O) groups excluding carboxylic acids is 2. The normalized spacial score (nSPS) is 10.1. The molecular weight excluding hydrogens is 258 g/mol. The lowest BCUT2D eigenvalue weighted by atomic mass is 10.1.